The van der Waals surface area contributed by atoms with Gasteiger partial charge in [0.25, 0.3) is 0 Å². The van der Waals surface area contributed by atoms with Crippen molar-refractivity contribution >= 4 is 34.7 Å². The summed E-state index contributed by atoms with van der Waals surface area (Å²) in [6.45, 7) is 2.65. The molecule has 0 radical (unpaired) electrons. The molecule has 0 aliphatic carbocycles. The Kier molecular flexibility index (Phi) is 5.09. The Hall–Kier alpha value is -1.46. The molecule has 3 nitrogen and oxygen atoms in total. The fourth-order valence-corrected chi connectivity index (χ4v) is 3.45. The molecule has 0 fully saturated rings. The maximum atomic E-state index is 12.1. The van der Waals surface area contributed by atoms with Crippen molar-refractivity contribution in [3.8, 4) is 0 Å². The van der Waals surface area contributed by atoms with Gasteiger partial charge in [-0.2, -0.15) is 11.3 Å². The zero-order valence-electron chi connectivity index (χ0n) is 11.6. The lowest BCUT2D eigenvalue weighted by Crippen LogP contribution is -2.27. The molecule has 2 N–H and O–H groups in total. The first-order valence-corrected chi connectivity index (χ1v) is 8.23. The number of carbonyl (C=O) groups excluding carboxylic acids is 1. The minimum Gasteiger partial charge on any atom is -0.398 e. The van der Waals surface area contributed by atoms with Crippen LogP contribution in [0.4, 0.5) is 5.69 Å². The van der Waals surface area contributed by atoms with Gasteiger partial charge in [-0.15, -0.1) is 11.8 Å². The highest BCUT2D eigenvalue weighted by molar-refractivity contribution is 8.00. The van der Waals surface area contributed by atoms with E-state index in [0.29, 0.717) is 12.3 Å². The lowest BCUT2D eigenvalue weighted by Gasteiger charge is -2.16. The van der Waals surface area contributed by atoms with Gasteiger partial charge in [0.15, 0.2) is 0 Å². The Labute approximate surface area is 127 Å². The molecule has 0 spiro atoms. The molecular formula is C15H18N2OS2. The molecular weight excluding hydrogens is 288 g/mol. The molecule has 1 amide bonds. The molecule has 1 aromatic carbocycles. The maximum absolute atomic E-state index is 12.1. The summed E-state index contributed by atoms with van der Waals surface area (Å²) in [4.78, 5) is 14.9. The van der Waals surface area contributed by atoms with E-state index in [1.54, 1.807) is 28.0 Å². The number of hydrogen-bond acceptors (Lipinski definition) is 4. The van der Waals surface area contributed by atoms with Crippen molar-refractivity contribution in [2.75, 3.05) is 18.5 Å². The number of rotatable bonds is 5. The number of anilines is 1. The summed E-state index contributed by atoms with van der Waals surface area (Å²) in [6.07, 6.45) is 0. The van der Waals surface area contributed by atoms with Gasteiger partial charge < -0.3 is 10.6 Å². The highest BCUT2D eigenvalue weighted by Gasteiger charge is 2.11. The Balaban J connectivity index is 1.90. The van der Waals surface area contributed by atoms with Crippen LogP contribution in [0, 0.1) is 6.92 Å². The van der Waals surface area contributed by atoms with Crippen molar-refractivity contribution in [1.29, 1.82) is 0 Å². The maximum Gasteiger partial charge on any atom is 0.232 e. The summed E-state index contributed by atoms with van der Waals surface area (Å²) in [7, 11) is 1.84. The van der Waals surface area contributed by atoms with Gasteiger partial charge in [-0.3, -0.25) is 4.79 Å². The number of benzene rings is 1. The molecule has 0 saturated carbocycles. The van der Waals surface area contributed by atoms with Gasteiger partial charge in [-0.05, 0) is 47.0 Å². The van der Waals surface area contributed by atoms with Crippen molar-refractivity contribution in [3.05, 3.63) is 46.2 Å². The van der Waals surface area contributed by atoms with Crippen LogP contribution in [0.15, 0.2) is 39.9 Å². The molecule has 0 saturated heterocycles. The molecule has 0 bridgehead atoms. The SMILES string of the molecule is Cc1c(N)cccc1SCC(=O)N(C)Cc1ccsc1. The molecule has 20 heavy (non-hydrogen) atoms. The molecule has 0 aliphatic heterocycles. The van der Waals surface area contributed by atoms with Gasteiger partial charge in [0.05, 0.1) is 5.75 Å². The third-order valence-corrected chi connectivity index (χ3v) is 4.98. The van der Waals surface area contributed by atoms with Crippen molar-refractivity contribution in [1.82, 2.24) is 4.90 Å². The number of thiophene rings is 1. The summed E-state index contributed by atoms with van der Waals surface area (Å²) in [5.74, 6) is 0.563. The molecule has 2 aromatic rings. The van der Waals surface area contributed by atoms with Gasteiger partial charge in [0.2, 0.25) is 5.91 Å². The van der Waals surface area contributed by atoms with Gasteiger partial charge in [0, 0.05) is 24.2 Å². The molecule has 0 atom stereocenters. The van der Waals surface area contributed by atoms with Crippen LogP contribution in [0.2, 0.25) is 0 Å². The molecule has 2 rings (SSSR count). The number of carbonyl (C=O) groups is 1. The van der Waals surface area contributed by atoms with E-state index in [4.69, 9.17) is 5.73 Å². The lowest BCUT2D eigenvalue weighted by atomic mass is 10.2. The van der Waals surface area contributed by atoms with Crippen molar-refractivity contribution in [2.45, 2.75) is 18.4 Å². The van der Waals surface area contributed by atoms with E-state index >= 15 is 0 Å². The number of thioether (sulfide) groups is 1. The molecule has 1 heterocycles. The van der Waals surface area contributed by atoms with E-state index in [-0.39, 0.29) is 5.91 Å². The molecule has 106 valence electrons. The number of amides is 1. The number of hydrogen-bond donors (Lipinski definition) is 1. The van der Waals surface area contributed by atoms with E-state index in [9.17, 15) is 4.79 Å². The minimum absolute atomic E-state index is 0.128. The first-order chi connectivity index (χ1) is 9.58. The van der Waals surface area contributed by atoms with Crippen molar-refractivity contribution < 1.29 is 4.79 Å². The van der Waals surface area contributed by atoms with Crippen LogP contribution in [0.1, 0.15) is 11.1 Å². The van der Waals surface area contributed by atoms with E-state index in [0.717, 1.165) is 16.1 Å². The summed E-state index contributed by atoms with van der Waals surface area (Å²) < 4.78 is 0. The van der Waals surface area contributed by atoms with E-state index < -0.39 is 0 Å². The quantitative estimate of drug-likeness (QED) is 0.680. The fraction of sp³-hybridized carbons (Fsp3) is 0.267. The fourth-order valence-electron chi connectivity index (χ4n) is 1.78. The first kappa shape index (κ1) is 14.9. The van der Waals surface area contributed by atoms with Gasteiger partial charge in [-0.1, -0.05) is 6.07 Å². The van der Waals surface area contributed by atoms with Crippen LogP contribution >= 0.6 is 23.1 Å². The van der Waals surface area contributed by atoms with Crippen LogP contribution in [0.25, 0.3) is 0 Å². The second-order valence-electron chi connectivity index (χ2n) is 4.64. The van der Waals surface area contributed by atoms with Gasteiger partial charge in [-0.25, -0.2) is 0 Å². The van der Waals surface area contributed by atoms with Crippen LogP contribution in [-0.4, -0.2) is 23.6 Å². The highest BCUT2D eigenvalue weighted by atomic mass is 32.2. The zero-order valence-corrected chi connectivity index (χ0v) is 13.3. The topological polar surface area (TPSA) is 46.3 Å². The second-order valence-corrected chi connectivity index (χ2v) is 6.44. The van der Waals surface area contributed by atoms with E-state index in [1.807, 2.05) is 43.6 Å². The predicted octanol–water partition coefficient (Wildman–Crippen LogP) is 3.39. The van der Waals surface area contributed by atoms with Crippen LogP contribution in [0.3, 0.4) is 0 Å². The normalized spacial score (nSPS) is 10.5. The third-order valence-electron chi connectivity index (χ3n) is 3.10. The number of nitrogen functional groups attached to an aromatic ring is 1. The van der Waals surface area contributed by atoms with Crippen LogP contribution in [-0.2, 0) is 11.3 Å². The lowest BCUT2D eigenvalue weighted by molar-refractivity contribution is -0.127. The number of nitrogens with two attached hydrogens (primary N) is 1. The monoisotopic (exact) mass is 306 g/mol. The van der Waals surface area contributed by atoms with Gasteiger partial charge >= 0.3 is 0 Å². The Morgan fingerprint density at radius 3 is 2.90 bits per heavy atom. The van der Waals surface area contributed by atoms with Crippen molar-refractivity contribution in [3.63, 3.8) is 0 Å². The second kappa shape index (κ2) is 6.81. The smallest absolute Gasteiger partial charge is 0.232 e. The predicted molar refractivity (Wildman–Crippen MR) is 87.1 cm³/mol. The Bertz CT molecular complexity index is 582. The largest absolute Gasteiger partial charge is 0.398 e. The van der Waals surface area contributed by atoms with E-state index in [2.05, 4.69) is 5.38 Å². The van der Waals surface area contributed by atoms with Crippen molar-refractivity contribution in [2.24, 2.45) is 0 Å². The van der Waals surface area contributed by atoms with Gasteiger partial charge in [0.1, 0.15) is 0 Å². The average molecular weight is 306 g/mol. The average Bonchev–Trinajstić information content (AvgIpc) is 2.93. The van der Waals surface area contributed by atoms with Crippen LogP contribution < -0.4 is 5.73 Å². The van der Waals surface area contributed by atoms with E-state index in [1.165, 1.54) is 5.56 Å². The molecule has 5 heteroatoms. The molecule has 0 aliphatic rings. The Morgan fingerprint density at radius 2 is 2.20 bits per heavy atom. The molecule has 0 unspecified atom stereocenters. The summed E-state index contributed by atoms with van der Waals surface area (Å²) in [5, 5.41) is 4.09. The summed E-state index contributed by atoms with van der Waals surface area (Å²) in [6, 6.07) is 7.85. The number of nitrogens with zero attached hydrogens (tertiary/aromatic N) is 1. The first-order valence-electron chi connectivity index (χ1n) is 6.31. The zero-order chi connectivity index (χ0) is 14.5. The minimum atomic E-state index is 0.128. The molecule has 1 aromatic heterocycles. The third kappa shape index (κ3) is 3.77. The Morgan fingerprint density at radius 1 is 1.40 bits per heavy atom. The summed E-state index contributed by atoms with van der Waals surface area (Å²) >= 11 is 3.19. The highest BCUT2D eigenvalue weighted by Crippen LogP contribution is 2.26. The van der Waals surface area contributed by atoms with Crippen LogP contribution in [0.5, 0.6) is 0 Å². The summed E-state index contributed by atoms with van der Waals surface area (Å²) in [5.41, 5.74) is 8.87. The standard InChI is InChI=1S/C15H18N2OS2/c1-11-13(16)4-3-5-14(11)20-10-15(18)17(2)8-12-6-7-19-9-12/h3-7,9H,8,10,16H2,1-2H3.